The minimum atomic E-state index is -0.0370. The van der Waals surface area contributed by atoms with E-state index >= 15 is 0 Å². The Morgan fingerprint density at radius 1 is 1.47 bits per heavy atom. The molecule has 0 radical (unpaired) electrons. The molecule has 0 bridgehead atoms. The molecule has 4 nitrogen and oxygen atoms in total. The Balaban J connectivity index is 1.60. The Kier molecular flexibility index (Phi) is 2.01. The van der Waals surface area contributed by atoms with Gasteiger partial charge in [-0.05, 0) is 37.7 Å². The van der Waals surface area contributed by atoms with Crippen molar-refractivity contribution in [1.29, 1.82) is 0 Å². The first-order chi connectivity index (χ1) is 7.33. The van der Waals surface area contributed by atoms with E-state index in [1.165, 1.54) is 25.7 Å². The second-order valence-electron chi connectivity index (χ2n) is 4.64. The van der Waals surface area contributed by atoms with E-state index in [0.717, 1.165) is 18.2 Å². The Hall–Kier alpha value is -1.32. The highest BCUT2D eigenvalue weighted by Gasteiger charge is 2.27. The van der Waals surface area contributed by atoms with Gasteiger partial charge in [-0.15, -0.1) is 0 Å². The quantitative estimate of drug-likeness (QED) is 0.781. The van der Waals surface area contributed by atoms with E-state index in [0.29, 0.717) is 11.6 Å². The lowest BCUT2D eigenvalue weighted by atomic mass is 10.2. The third-order valence-electron chi connectivity index (χ3n) is 3.10. The Morgan fingerprint density at radius 2 is 2.27 bits per heavy atom. The molecule has 15 heavy (non-hydrogen) atoms. The van der Waals surface area contributed by atoms with Crippen molar-refractivity contribution in [2.24, 2.45) is 5.92 Å². The lowest BCUT2D eigenvalue weighted by Crippen LogP contribution is -2.25. The maximum Gasteiger partial charge on any atom is 0.271 e. The lowest BCUT2D eigenvalue weighted by Gasteiger charge is -1.99. The lowest BCUT2D eigenvalue weighted by molar-refractivity contribution is 0.0947. The van der Waals surface area contributed by atoms with Crippen molar-refractivity contribution in [3.8, 4) is 0 Å². The molecule has 0 aromatic carbocycles. The first kappa shape index (κ1) is 8.95. The molecule has 0 saturated heterocycles. The molecule has 0 spiro atoms. The van der Waals surface area contributed by atoms with Crippen LogP contribution in [0.4, 0.5) is 0 Å². The van der Waals surface area contributed by atoms with Crippen molar-refractivity contribution in [3.63, 3.8) is 0 Å². The van der Waals surface area contributed by atoms with Gasteiger partial charge in [0.25, 0.3) is 5.91 Å². The van der Waals surface area contributed by atoms with Crippen LogP contribution in [-0.2, 0) is 0 Å². The van der Waals surface area contributed by atoms with Gasteiger partial charge in [-0.25, -0.2) is 0 Å². The number of hydrogen-bond donors (Lipinski definition) is 2. The fraction of sp³-hybridized carbons (Fsp3) is 0.636. The van der Waals surface area contributed by atoms with Gasteiger partial charge in [0.2, 0.25) is 0 Å². The second-order valence-corrected chi connectivity index (χ2v) is 4.64. The number of rotatable bonds is 4. The molecule has 3 rings (SSSR count). The van der Waals surface area contributed by atoms with Gasteiger partial charge in [0.1, 0.15) is 5.69 Å². The number of carbonyl (C=O) groups excluding carboxylic acids is 1. The van der Waals surface area contributed by atoms with Crippen molar-refractivity contribution in [3.05, 3.63) is 17.5 Å². The van der Waals surface area contributed by atoms with E-state index in [1.807, 2.05) is 6.07 Å². The largest absolute Gasteiger partial charge is 0.350 e. The van der Waals surface area contributed by atoms with Gasteiger partial charge in [-0.1, -0.05) is 0 Å². The Labute approximate surface area is 88.4 Å². The smallest absolute Gasteiger partial charge is 0.271 e. The third-order valence-corrected chi connectivity index (χ3v) is 3.10. The van der Waals surface area contributed by atoms with Crippen LogP contribution in [0.25, 0.3) is 0 Å². The van der Waals surface area contributed by atoms with Crippen LogP contribution in [0.3, 0.4) is 0 Å². The highest BCUT2D eigenvalue weighted by molar-refractivity contribution is 5.92. The zero-order valence-corrected chi connectivity index (χ0v) is 8.62. The number of H-pyrrole nitrogens is 1. The molecular weight excluding hydrogens is 190 g/mol. The van der Waals surface area contributed by atoms with E-state index in [4.69, 9.17) is 0 Å². The Bertz CT molecular complexity index is 377. The van der Waals surface area contributed by atoms with Crippen molar-refractivity contribution in [2.75, 3.05) is 6.54 Å². The van der Waals surface area contributed by atoms with Crippen LogP contribution in [0, 0.1) is 5.92 Å². The van der Waals surface area contributed by atoms with Gasteiger partial charge in [0.15, 0.2) is 0 Å². The Morgan fingerprint density at radius 3 is 2.93 bits per heavy atom. The van der Waals surface area contributed by atoms with Crippen LogP contribution in [0.1, 0.15) is 47.8 Å². The zero-order chi connectivity index (χ0) is 10.3. The summed E-state index contributed by atoms with van der Waals surface area (Å²) in [5.74, 6) is 1.31. The normalized spacial score (nSPS) is 20.3. The van der Waals surface area contributed by atoms with Gasteiger partial charge >= 0.3 is 0 Å². The highest BCUT2D eigenvalue weighted by Crippen LogP contribution is 2.38. The summed E-state index contributed by atoms with van der Waals surface area (Å²) in [5, 5.41) is 9.89. The maximum absolute atomic E-state index is 11.6. The topological polar surface area (TPSA) is 57.8 Å². The van der Waals surface area contributed by atoms with Gasteiger partial charge < -0.3 is 5.32 Å². The van der Waals surface area contributed by atoms with Gasteiger partial charge in [-0.2, -0.15) is 5.10 Å². The molecule has 1 aromatic heterocycles. The predicted molar refractivity (Wildman–Crippen MR) is 55.6 cm³/mol. The standard InChI is InChI=1S/C11H15N3O/c15-11(12-6-7-1-2-7)10-5-9(13-14-10)8-3-4-8/h5,7-8H,1-4,6H2,(H,12,15)(H,13,14). The predicted octanol–water partition coefficient (Wildman–Crippen LogP) is 1.43. The van der Waals surface area contributed by atoms with E-state index in [1.54, 1.807) is 0 Å². The van der Waals surface area contributed by atoms with Crippen molar-refractivity contribution >= 4 is 5.91 Å². The molecule has 2 aliphatic carbocycles. The molecule has 2 aliphatic rings. The average molecular weight is 205 g/mol. The van der Waals surface area contributed by atoms with E-state index in [-0.39, 0.29) is 5.91 Å². The molecule has 1 aromatic rings. The zero-order valence-electron chi connectivity index (χ0n) is 8.62. The molecule has 1 heterocycles. The molecule has 4 heteroatoms. The average Bonchev–Trinajstić information content (AvgIpc) is 3.15. The fourth-order valence-electron chi connectivity index (χ4n) is 1.71. The summed E-state index contributed by atoms with van der Waals surface area (Å²) in [5.41, 5.74) is 1.66. The molecule has 2 saturated carbocycles. The number of aromatic nitrogens is 2. The van der Waals surface area contributed by atoms with Crippen molar-refractivity contribution in [1.82, 2.24) is 15.5 Å². The van der Waals surface area contributed by atoms with E-state index in [2.05, 4.69) is 15.5 Å². The highest BCUT2D eigenvalue weighted by atomic mass is 16.1. The minimum Gasteiger partial charge on any atom is -0.350 e. The summed E-state index contributed by atoms with van der Waals surface area (Å²) in [6.07, 6.45) is 4.97. The number of amides is 1. The molecular formula is C11H15N3O. The first-order valence-corrected chi connectivity index (χ1v) is 5.66. The van der Waals surface area contributed by atoms with Crippen LogP contribution < -0.4 is 5.32 Å². The second kappa shape index (κ2) is 3.36. The number of nitrogens with zero attached hydrogens (tertiary/aromatic N) is 1. The SMILES string of the molecule is O=C(NCC1CC1)c1cc(C2CC2)[nH]n1. The summed E-state index contributed by atoms with van der Waals surface area (Å²) >= 11 is 0. The summed E-state index contributed by atoms with van der Waals surface area (Å²) < 4.78 is 0. The van der Waals surface area contributed by atoms with Crippen molar-refractivity contribution < 1.29 is 4.79 Å². The summed E-state index contributed by atoms with van der Waals surface area (Å²) in [7, 11) is 0. The number of carbonyl (C=O) groups is 1. The molecule has 0 unspecified atom stereocenters. The molecule has 2 N–H and O–H groups in total. The van der Waals surface area contributed by atoms with Gasteiger partial charge in [0.05, 0.1) is 0 Å². The van der Waals surface area contributed by atoms with Crippen LogP contribution in [-0.4, -0.2) is 22.6 Å². The van der Waals surface area contributed by atoms with Gasteiger partial charge in [0, 0.05) is 18.2 Å². The summed E-state index contributed by atoms with van der Waals surface area (Å²) in [4.78, 5) is 11.6. The molecule has 2 fully saturated rings. The van der Waals surface area contributed by atoms with E-state index < -0.39 is 0 Å². The summed E-state index contributed by atoms with van der Waals surface area (Å²) in [6, 6.07) is 1.89. The number of hydrogen-bond acceptors (Lipinski definition) is 2. The van der Waals surface area contributed by atoms with Crippen molar-refractivity contribution in [2.45, 2.75) is 31.6 Å². The fourth-order valence-corrected chi connectivity index (χ4v) is 1.71. The summed E-state index contributed by atoms with van der Waals surface area (Å²) in [6.45, 7) is 0.810. The van der Waals surface area contributed by atoms with Crippen LogP contribution in [0.15, 0.2) is 6.07 Å². The number of nitrogens with one attached hydrogen (secondary N) is 2. The van der Waals surface area contributed by atoms with Crippen LogP contribution in [0.5, 0.6) is 0 Å². The third kappa shape index (κ3) is 2.03. The first-order valence-electron chi connectivity index (χ1n) is 5.66. The molecule has 1 amide bonds. The maximum atomic E-state index is 11.6. The van der Waals surface area contributed by atoms with Gasteiger partial charge in [-0.3, -0.25) is 9.89 Å². The molecule has 0 atom stereocenters. The molecule has 0 aliphatic heterocycles. The van der Waals surface area contributed by atoms with Crippen LogP contribution in [0.2, 0.25) is 0 Å². The monoisotopic (exact) mass is 205 g/mol. The molecule has 80 valence electrons. The van der Waals surface area contributed by atoms with Crippen LogP contribution >= 0.6 is 0 Å². The van der Waals surface area contributed by atoms with E-state index in [9.17, 15) is 4.79 Å². The minimum absolute atomic E-state index is 0.0370. The number of aromatic amines is 1.